The minimum absolute atomic E-state index is 0.235. The van der Waals surface area contributed by atoms with Crippen molar-refractivity contribution in [2.75, 3.05) is 37.0 Å². The van der Waals surface area contributed by atoms with E-state index in [-0.39, 0.29) is 5.82 Å². The molecule has 0 aliphatic carbocycles. The largest absolute Gasteiger partial charge is 0.494 e. The molecule has 0 radical (unpaired) electrons. The van der Waals surface area contributed by atoms with Crippen LogP contribution in [-0.4, -0.2) is 31.7 Å². The molecule has 0 atom stereocenters. The van der Waals surface area contributed by atoms with Crippen molar-refractivity contribution in [1.82, 2.24) is 4.98 Å². The first-order valence-electron chi connectivity index (χ1n) is 10.5. The Kier molecular flexibility index (Phi) is 6.49. The zero-order chi connectivity index (χ0) is 20.1. The average Bonchev–Trinajstić information content (AvgIpc) is 3.18. The van der Waals surface area contributed by atoms with Gasteiger partial charge in [-0.25, -0.2) is 9.37 Å². The number of anilines is 2. The fourth-order valence-corrected chi connectivity index (χ4v) is 4.76. The van der Waals surface area contributed by atoms with Crippen LogP contribution in [0.3, 0.4) is 0 Å². The number of ether oxygens (including phenoxy) is 1. The number of unbranched alkanes of at least 4 members (excludes halogenated alkanes) is 1. The maximum Gasteiger partial charge on any atom is 0.183 e. The van der Waals surface area contributed by atoms with Crippen molar-refractivity contribution in [2.45, 2.75) is 38.5 Å². The Hall–Kier alpha value is -2.34. The maximum atomic E-state index is 13.0. The van der Waals surface area contributed by atoms with Gasteiger partial charge in [0.05, 0.1) is 17.0 Å². The predicted molar refractivity (Wildman–Crippen MR) is 120 cm³/mol. The number of rotatable bonds is 8. The fraction of sp³-hybridized carbons (Fsp3) is 0.435. The SMILES string of the molecule is CNc1nc2c(N3CCCCC3)c(CCCCOc3ccc(F)cc3)ccc2s1. The van der Waals surface area contributed by atoms with Crippen LogP contribution in [0.25, 0.3) is 10.2 Å². The lowest BCUT2D eigenvalue weighted by Crippen LogP contribution is -2.30. The minimum atomic E-state index is -0.235. The summed E-state index contributed by atoms with van der Waals surface area (Å²) >= 11 is 1.72. The standard InChI is InChI=1S/C23H28FN3OS/c1-25-23-26-21-20(29-23)13-8-17(22(21)27-14-4-2-5-15-27)7-3-6-16-28-19-11-9-18(24)10-12-19/h8-13H,2-7,14-16H2,1H3,(H,25,26). The predicted octanol–water partition coefficient (Wildman–Crippen LogP) is 5.87. The zero-order valence-electron chi connectivity index (χ0n) is 16.9. The van der Waals surface area contributed by atoms with Crippen LogP contribution < -0.4 is 15.0 Å². The van der Waals surface area contributed by atoms with Gasteiger partial charge in [-0.05, 0) is 74.4 Å². The molecule has 1 fully saturated rings. The van der Waals surface area contributed by atoms with Crippen molar-refractivity contribution < 1.29 is 9.13 Å². The molecule has 3 aromatic rings. The van der Waals surface area contributed by atoms with Crippen LogP contribution in [-0.2, 0) is 6.42 Å². The van der Waals surface area contributed by atoms with E-state index >= 15 is 0 Å². The molecule has 0 spiro atoms. The molecule has 0 saturated carbocycles. The zero-order valence-corrected chi connectivity index (χ0v) is 17.7. The summed E-state index contributed by atoms with van der Waals surface area (Å²) in [6, 6.07) is 10.7. The van der Waals surface area contributed by atoms with E-state index in [2.05, 4.69) is 22.3 Å². The molecule has 1 N–H and O–H groups in total. The third-order valence-electron chi connectivity index (χ3n) is 5.43. The van der Waals surface area contributed by atoms with Crippen LogP contribution in [0, 0.1) is 5.82 Å². The topological polar surface area (TPSA) is 37.4 Å². The molecule has 29 heavy (non-hydrogen) atoms. The summed E-state index contributed by atoms with van der Waals surface area (Å²) < 4.78 is 20.0. The van der Waals surface area contributed by atoms with E-state index in [0.29, 0.717) is 6.61 Å². The molecule has 1 aliphatic rings. The summed E-state index contributed by atoms with van der Waals surface area (Å²) in [4.78, 5) is 7.41. The molecule has 2 aromatic carbocycles. The average molecular weight is 414 g/mol. The Morgan fingerprint density at radius 3 is 2.62 bits per heavy atom. The minimum Gasteiger partial charge on any atom is -0.494 e. The van der Waals surface area contributed by atoms with Crippen LogP contribution in [0.15, 0.2) is 36.4 Å². The van der Waals surface area contributed by atoms with Gasteiger partial charge in [-0.15, -0.1) is 0 Å². The van der Waals surface area contributed by atoms with E-state index in [4.69, 9.17) is 9.72 Å². The Balaban J connectivity index is 1.43. The number of thiazole rings is 1. The highest BCUT2D eigenvalue weighted by atomic mass is 32.1. The number of piperidine rings is 1. The van der Waals surface area contributed by atoms with E-state index in [9.17, 15) is 4.39 Å². The van der Waals surface area contributed by atoms with Crippen molar-refractivity contribution in [3.8, 4) is 5.75 Å². The monoisotopic (exact) mass is 413 g/mol. The van der Waals surface area contributed by atoms with Crippen LogP contribution >= 0.6 is 11.3 Å². The third-order valence-corrected chi connectivity index (χ3v) is 6.46. The Labute approximate surface area is 175 Å². The van der Waals surface area contributed by atoms with E-state index in [1.807, 2.05) is 7.05 Å². The van der Waals surface area contributed by atoms with Gasteiger partial charge in [0.1, 0.15) is 17.1 Å². The van der Waals surface area contributed by atoms with Crippen LogP contribution in [0.1, 0.15) is 37.7 Å². The number of halogens is 1. The number of hydrogen-bond donors (Lipinski definition) is 1. The number of nitrogens with one attached hydrogen (secondary N) is 1. The molecule has 6 heteroatoms. The molecular formula is C23H28FN3OS. The highest BCUT2D eigenvalue weighted by molar-refractivity contribution is 7.22. The summed E-state index contributed by atoms with van der Waals surface area (Å²) in [5.41, 5.74) is 3.86. The first-order chi connectivity index (χ1) is 14.2. The van der Waals surface area contributed by atoms with Crippen molar-refractivity contribution in [2.24, 2.45) is 0 Å². The number of aromatic nitrogens is 1. The molecule has 1 saturated heterocycles. The fourth-order valence-electron chi connectivity index (χ4n) is 3.94. The first-order valence-corrected chi connectivity index (χ1v) is 11.3. The Bertz CT molecular complexity index is 935. The van der Waals surface area contributed by atoms with Crippen LogP contribution in [0.5, 0.6) is 5.75 Å². The van der Waals surface area contributed by atoms with Crippen molar-refractivity contribution in [1.29, 1.82) is 0 Å². The number of fused-ring (bicyclic) bond motifs is 1. The summed E-state index contributed by atoms with van der Waals surface area (Å²) in [5.74, 6) is 0.491. The molecule has 0 unspecified atom stereocenters. The second-order valence-electron chi connectivity index (χ2n) is 7.50. The number of aryl methyl sites for hydroxylation is 1. The maximum absolute atomic E-state index is 13.0. The lowest BCUT2D eigenvalue weighted by atomic mass is 10.0. The summed E-state index contributed by atoms with van der Waals surface area (Å²) in [6.07, 6.45) is 6.86. The van der Waals surface area contributed by atoms with Gasteiger partial charge in [-0.1, -0.05) is 17.4 Å². The van der Waals surface area contributed by atoms with E-state index in [1.165, 1.54) is 47.3 Å². The highest BCUT2D eigenvalue weighted by Gasteiger charge is 2.20. The molecular weight excluding hydrogens is 385 g/mol. The van der Waals surface area contributed by atoms with Gasteiger partial charge in [0.2, 0.25) is 0 Å². The summed E-state index contributed by atoms with van der Waals surface area (Å²) in [6.45, 7) is 2.88. The van der Waals surface area contributed by atoms with Crippen molar-refractivity contribution >= 4 is 32.4 Å². The molecule has 2 heterocycles. The molecule has 1 aliphatic heterocycles. The van der Waals surface area contributed by atoms with Gasteiger partial charge >= 0.3 is 0 Å². The van der Waals surface area contributed by atoms with Crippen molar-refractivity contribution in [3.63, 3.8) is 0 Å². The molecule has 1 aromatic heterocycles. The van der Waals surface area contributed by atoms with Gasteiger partial charge < -0.3 is 15.0 Å². The first kappa shape index (κ1) is 20.0. The van der Waals surface area contributed by atoms with Gasteiger partial charge in [-0.2, -0.15) is 0 Å². The van der Waals surface area contributed by atoms with Gasteiger partial charge in [0.15, 0.2) is 5.13 Å². The van der Waals surface area contributed by atoms with Crippen molar-refractivity contribution in [3.05, 3.63) is 47.8 Å². The smallest absolute Gasteiger partial charge is 0.183 e. The van der Waals surface area contributed by atoms with Crippen LogP contribution in [0.2, 0.25) is 0 Å². The third kappa shape index (κ3) is 4.81. The van der Waals surface area contributed by atoms with E-state index in [0.717, 1.165) is 48.7 Å². The van der Waals surface area contributed by atoms with E-state index in [1.54, 1.807) is 23.5 Å². The number of hydrogen-bond acceptors (Lipinski definition) is 5. The number of nitrogens with zero attached hydrogens (tertiary/aromatic N) is 2. The molecule has 4 nitrogen and oxygen atoms in total. The van der Waals surface area contributed by atoms with Gasteiger partial charge in [0, 0.05) is 20.1 Å². The highest BCUT2D eigenvalue weighted by Crippen LogP contribution is 2.37. The summed E-state index contributed by atoms with van der Waals surface area (Å²) in [7, 11) is 1.93. The lowest BCUT2D eigenvalue weighted by Gasteiger charge is -2.31. The quantitative estimate of drug-likeness (QED) is 0.469. The molecule has 4 rings (SSSR count). The summed E-state index contributed by atoms with van der Waals surface area (Å²) in [5, 5.41) is 4.17. The lowest BCUT2D eigenvalue weighted by molar-refractivity contribution is 0.306. The second kappa shape index (κ2) is 9.44. The number of benzene rings is 2. The normalized spacial score (nSPS) is 14.3. The van der Waals surface area contributed by atoms with Gasteiger partial charge in [-0.3, -0.25) is 0 Å². The van der Waals surface area contributed by atoms with Crippen LogP contribution in [0.4, 0.5) is 15.2 Å². The van der Waals surface area contributed by atoms with E-state index < -0.39 is 0 Å². The molecule has 0 amide bonds. The molecule has 0 bridgehead atoms. The second-order valence-corrected chi connectivity index (χ2v) is 8.53. The Morgan fingerprint density at radius 2 is 1.86 bits per heavy atom. The molecule has 154 valence electrons. The Morgan fingerprint density at radius 1 is 1.07 bits per heavy atom. The van der Waals surface area contributed by atoms with Gasteiger partial charge in [0.25, 0.3) is 0 Å².